The Kier molecular flexibility index (Phi) is 6.79. The average molecular weight is 389 g/mol. The summed E-state index contributed by atoms with van der Waals surface area (Å²) in [6.07, 6.45) is 6.98. The fourth-order valence-corrected chi connectivity index (χ4v) is 3.57. The van der Waals surface area contributed by atoms with Crippen molar-refractivity contribution in [2.75, 3.05) is 33.5 Å². The molecular formula is C21H27NO6. The summed E-state index contributed by atoms with van der Waals surface area (Å²) in [5.74, 6) is 0.980. The number of ether oxygens (including phenoxy) is 4. The van der Waals surface area contributed by atoms with Crippen LogP contribution in [-0.2, 0) is 14.3 Å². The number of nitrogens with zero attached hydrogens (tertiary/aromatic N) is 1. The van der Waals surface area contributed by atoms with Gasteiger partial charge in [0.2, 0.25) is 5.75 Å². The molecule has 2 aliphatic rings. The fraction of sp³-hybridized carbons (Fsp3) is 0.524. The Morgan fingerprint density at radius 1 is 1.25 bits per heavy atom. The van der Waals surface area contributed by atoms with Gasteiger partial charge >= 0.3 is 5.97 Å². The third-order valence-corrected chi connectivity index (χ3v) is 5.02. The van der Waals surface area contributed by atoms with Gasteiger partial charge in [-0.1, -0.05) is 6.92 Å². The summed E-state index contributed by atoms with van der Waals surface area (Å²) in [4.78, 5) is 26.2. The van der Waals surface area contributed by atoms with Gasteiger partial charge in [0.05, 0.1) is 7.11 Å². The molecule has 0 saturated carbocycles. The number of amides is 1. The van der Waals surface area contributed by atoms with Crippen LogP contribution in [0.5, 0.6) is 17.2 Å². The number of carbonyl (C=O) groups is 2. The highest BCUT2D eigenvalue weighted by Crippen LogP contribution is 2.40. The van der Waals surface area contributed by atoms with E-state index in [0.717, 1.165) is 32.2 Å². The maximum atomic E-state index is 12.4. The molecule has 1 aromatic carbocycles. The fourth-order valence-electron chi connectivity index (χ4n) is 3.57. The maximum Gasteiger partial charge on any atom is 0.331 e. The topological polar surface area (TPSA) is 74.3 Å². The first-order chi connectivity index (χ1) is 13.6. The van der Waals surface area contributed by atoms with E-state index in [0.29, 0.717) is 36.0 Å². The van der Waals surface area contributed by atoms with E-state index in [4.69, 9.17) is 18.9 Å². The van der Waals surface area contributed by atoms with E-state index >= 15 is 0 Å². The minimum Gasteiger partial charge on any atom is -0.493 e. The Hall–Kier alpha value is -2.70. The van der Waals surface area contributed by atoms with E-state index in [1.807, 2.05) is 4.90 Å². The van der Waals surface area contributed by atoms with Gasteiger partial charge < -0.3 is 23.8 Å². The lowest BCUT2D eigenvalue weighted by Gasteiger charge is -2.35. The molecule has 0 aromatic heterocycles. The van der Waals surface area contributed by atoms with Crippen LogP contribution in [0.3, 0.4) is 0 Å². The number of hydrogen-bond acceptors (Lipinski definition) is 6. The second-order valence-corrected chi connectivity index (χ2v) is 6.83. The van der Waals surface area contributed by atoms with Gasteiger partial charge in [0.1, 0.15) is 13.2 Å². The molecule has 2 aliphatic heterocycles. The Balaban J connectivity index is 1.57. The Morgan fingerprint density at radius 3 is 2.86 bits per heavy atom. The molecule has 0 radical (unpaired) electrons. The Labute approximate surface area is 165 Å². The normalized spacial score (nSPS) is 18.8. The van der Waals surface area contributed by atoms with Crippen LogP contribution in [0.2, 0.25) is 0 Å². The van der Waals surface area contributed by atoms with Crippen molar-refractivity contribution in [3.05, 3.63) is 23.8 Å². The first-order valence-corrected chi connectivity index (χ1v) is 9.74. The third kappa shape index (κ3) is 4.77. The van der Waals surface area contributed by atoms with Crippen LogP contribution in [0.4, 0.5) is 0 Å². The van der Waals surface area contributed by atoms with Crippen LogP contribution in [0.1, 0.15) is 38.2 Å². The lowest BCUT2D eigenvalue weighted by Crippen LogP contribution is -2.45. The van der Waals surface area contributed by atoms with E-state index in [2.05, 4.69) is 6.92 Å². The molecular weight excluding hydrogens is 362 g/mol. The van der Waals surface area contributed by atoms with Gasteiger partial charge in [-0.05, 0) is 49.5 Å². The van der Waals surface area contributed by atoms with Gasteiger partial charge in [-0.2, -0.15) is 0 Å². The molecule has 3 rings (SSSR count). The number of hydrogen-bond donors (Lipinski definition) is 0. The summed E-state index contributed by atoms with van der Waals surface area (Å²) < 4.78 is 21.6. The highest BCUT2D eigenvalue weighted by Gasteiger charge is 2.25. The zero-order valence-electron chi connectivity index (χ0n) is 16.4. The molecule has 7 nitrogen and oxygen atoms in total. The van der Waals surface area contributed by atoms with Crippen LogP contribution in [0.15, 0.2) is 18.2 Å². The molecule has 0 spiro atoms. The summed E-state index contributed by atoms with van der Waals surface area (Å²) in [5, 5.41) is 0. The molecule has 1 amide bonds. The van der Waals surface area contributed by atoms with E-state index < -0.39 is 5.97 Å². The summed E-state index contributed by atoms with van der Waals surface area (Å²) in [7, 11) is 1.55. The van der Waals surface area contributed by atoms with Crippen molar-refractivity contribution >= 4 is 18.0 Å². The Bertz CT molecular complexity index is 727. The minimum atomic E-state index is -0.563. The molecule has 1 atom stereocenters. The number of carbonyl (C=O) groups excluding carboxylic acids is 2. The van der Waals surface area contributed by atoms with Gasteiger partial charge in [0.25, 0.3) is 5.91 Å². The molecule has 7 heteroatoms. The molecule has 0 N–H and O–H groups in total. The van der Waals surface area contributed by atoms with Crippen LogP contribution in [0, 0.1) is 0 Å². The second-order valence-electron chi connectivity index (χ2n) is 6.83. The van der Waals surface area contributed by atoms with Crippen molar-refractivity contribution in [3.8, 4) is 17.2 Å². The molecule has 1 aromatic rings. The van der Waals surface area contributed by atoms with Gasteiger partial charge in [-0.3, -0.25) is 4.79 Å². The van der Waals surface area contributed by atoms with Crippen molar-refractivity contribution in [1.29, 1.82) is 0 Å². The standard InChI is InChI=1S/C21H27NO6/c1-3-16-6-4-5-9-22(16)19(23)14-28-20(24)8-7-15-12-17(25-2)21-18(13-15)26-10-11-27-21/h7-8,12-13,16H,3-6,9-11,14H2,1-2H3/b8-7+/t16-/m1/s1. The van der Waals surface area contributed by atoms with Crippen LogP contribution in [-0.4, -0.2) is 56.3 Å². The average Bonchev–Trinajstić information content (AvgIpc) is 2.75. The van der Waals surface area contributed by atoms with Crippen molar-refractivity contribution in [1.82, 2.24) is 4.90 Å². The van der Waals surface area contributed by atoms with Gasteiger partial charge in [-0.15, -0.1) is 0 Å². The monoisotopic (exact) mass is 389 g/mol. The number of rotatable bonds is 6. The molecule has 0 unspecified atom stereocenters. The molecule has 28 heavy (non-hydrogen) atoms. The predicted octanol–water partition coefficient (Wildman–Crippen LogP) is 2.81. The van der Waals surface area contributed by atoms with Crippen molar-refractivity contribution in [3.63, 3.8) is 0 Å². The zero-order valence-corrected chi connectivity index (χ0v) is 16.4. The number of likely N-dealkylation sites (tertiary alicyclic amines) is 1. The van der Waals surface area contributed by atoms with E-state index in [1.165, 1.54) is 6.08 Å². The number of benzene rings is 1. The maximum absolute atomic E-state index is 12.4. The largest absolute Gasteiger partial charge is 0.493 e. The summed E-state index contributed by atoms with van der Waals surface area (Å²) in [6.45, 7) is 3.51. The summed E-state index contributed by atoms with van der Waals surface area (Å²) in [6, 6.07) is 3.77. The van der Waals surface area contributed by atoms with E-state index in [-0.39, 0.29) is 18.6 Å². The summed E-state index contributed by atoms with van der Waals surface area (Å²) in [5.41, 5.74) is 0.714. The van der Waals surface area contributed by atoms with Gasteiger partial charge in [-0.25, -0.2) is 4.79 Å². The molecule has 152 valence electrons. The SMILES string of the molecule is CC[C@@H]1CCCCN1C(=O)COC(=O)/C=C/c1cc(OC)c2c(c1)OCCO2. The van der Waals surface area contributed by atoms with Gasteiger partial charge in [0, 0.05) is 18.7 Å². The summed E-state index contributed by atoms with van der Waals surface area (Å²) >= 11 is 0. The van der Waals surface area contributed by atoms with E-state index in [9.17, 15) is 9.59 Å². The third-order valence-electron chi connectivity index (χ3n) is 5.02. The van der Waals surface area contributed by atoms with Crippen molar-refractivity contribution in [2.24, 2.45) is 0 Å². The highest BCUT2D eigenvalue weighted by atomic mass is 16.6. The predicted molar refractivity (Wildman–Crippen MR) is 104 cm³/mol. The van der Waals surface area contributed by atoms with Crippen molar-refractivity contribution in [2.45, 2.75) is 38.6 Å². The number of methoxy groups -OCH3 is 1. The van der Waals surface area contributed by atoms with Gasteiger partial charge in [0.15, 0.2) is 18.1 Å². The van der Waals surface area contributed by atoms with E-state index in [1.54, 1.807) is 25.3 Å². The second kappa shape index (κ2) is 9.48. The van der Waals surface area contributed by atoms with Crippen LogP contribution < -0.4 is 14.2 Å². The number of piperidine rings is 1. The van der Waals surface area contributed by atoms with Crippen LogP contribution >= 0.6 is 0 Å². The first kappa shape index (κ1) is 20.0. The molecule has 1 fully saturated rings. The minimum absolute atomic E-state index is 0.130. The first-order valence-electron chi connectivity index (χ1n) is 9.74. The molecule has 0 bridgehead atoms. The molecule has 1 saturated heterocycles. The highest BCUT2D eigenvalue weighted by molar-refractivity contribution is 5.89. The zero-order chi connectivity index (χ0) is 19.9. The van der Waals surface area contributed by atoms with Crippen LogP contribution in [0.25, 0.3) is 6.08 Å². The number of esters is 1. The lowest BCUT2D eigenvalue weighted by molar-refractivity contribution is -0.150. The molecule has 2 heterocycles. The smallest absolute Gasteiger partial charge is 0.331 e. The quantitative estimate of drug-likeness (QED) is 0.550. The lowest BCUT2D eigenvalue weighted by atomic mass is 10.00. The van der Waals surface area contributed by atoms with Crippen molar-refractivity contribution < 1.29 is 28.5 Å². The molecule has 0 aliphatic carbocycles. The Morgan fingerprint density at radius 2 is 2.07 bits per heavy atom. The number of fused-ring (bicyclic) bond motifs is 1.